The van der Waals surface area contributed by atoms with Crippen LogP contribution in [0.4, 0.5) is 0 Å². The fourth-order valence-corrected chi connectivity index (χ4v) is 3.09. The van der Waals surface area contributed by atoms with E-state index in [-0.39, 0.29) is 0 Å². The lowest BCUT2D eigenvalue weighted by Crippen LogP contribution is -2.23. The van der Waals surface area contributed by atoms with Gasteiger partial charge in [-0.15, -0.1) is 5.10 Å². The number of methoxy groups -OCH3 is 1. The number of nitrogens with one attached hydrogen (secondary N) is 1. The quantitative estimate of drug-likeness (QED) is 0.709. The molecular weight excluding hydrogens is 238 g/mol. The molecule has 1 saturated heterocycles. The number of hydrogen-bond donors (Lipinski definition) is 1. The van der Waals surface area contributed by atoms with Gasteiger partial charge in [0.05, 0.1) is 19.7 Å². The van der Waals surface area contributed by atoms with Crippen molar-refractivity contribution < 1.29 is 4.74 Å². The van der Waals surface area contributed by atoms with E-state index in [1.54, 1.807) is 7.11 Å². The smallest absolute Gasteiger partial charge is 0.165 e. The average molecular weight is 257 g/mol. The Morgan fingerprint density at radius 1 is 1.59 bits per heavy atom. The van der Waals surface area contributed by atoms with Gasteiger partial charge in [0.25, 0.3) is 0 Å². The second kappa shape index (κ2) is 6.93. The van der Waals surface area contributed by atoms with Crippen LogP contribution in [0.15, 0.2) is 0 Å². The average Bonchev–Trinajstić information content (AvgIpc) is 2.97. The molecule has 0 aromatic carbocycles. The van der Waals surface area contributed by atoms with E-state index in [1.165, 1.54) is 18.6 Å². The fourth-order valence-electron chi connectivity index (χ4n) is 1.85. The number of thioether (sulfide) groups is 1. The number of hydrogen-bond acceptors (Lipinski definition) is 6. The van der Waals surface area contributed by atoms with E-state index in [1.807, 2.05) is 16.4 Å². The van der Waals surface area contributed by atoms with E-state index in [2.05, 4.69) is 20.8 Å². The third-order valence-corrected chi connectivity index (χ3v) is 4.15. The molecule has 1 N–H and O–H groups in total. The van der Waals surface area contributed by atoms with Crippen molar-refractivity contribution in [2.75, 3.05) is 26.0 Å². The molecule has 2 rings (SSSR count). The summed E-state index contributed by atoms with van der Waals surface area (Å²) in [5, 5.41) is 15.8. The Morgan fingerprint density at radius 3 is 3.29 bits per heavy atom. The first-order valence-corrected chi connectivity index (χ1v) is 7.01. The van der Waals surface area contributed by atoms with Crippen LogP contribution >= 0.6 is 11.8 Å². The van der Waals surface area contributed by atoms with Crippen LogP contribution in [0, 0.1) is 0 Å². The normalized spacial score (nSPS) is 19.9. The topological polar surface area (TPSA) is 64.9 Å². The van der Waals surface area contributed by atoms with Gasteiger partial charge >= 0.3 is 0 Å². The first kappa shape index (κ1) is 12.8. The Hall–Kier alpha value is -0.660. The molecule has 1 aliphatic heterocycles. The van der Waals surface area contributed by atoms with Gasteiger partial charge in [-0.1, -0.05) is 0 Å². The maximum Gasteiger partial charge on any atom is 0.165 e. The third kappa shape index (κ3) is 3.93. The zero-order valence-electron chi connectivity index (χ0n) is 10.1. The van der Waals surface area contributed by atoms with Crippen LogP contribution < -0.4 is 5.32 Å². The van der Waals surface area contributed by atoms with Crippen molar-refractivity contribution in [1.82, 2.24) is 25.5 Å². The molecule has 7 heteroatoms. The summed E-state index contributed by atoms with van der Waals surface area (Å²) in [4.78, 5) is 0. The standard InChI is InChI=1S/C10H19N5OS/c1-16-5-4-11-7-10-12-13-14-15(10)8-9-3-2-6-17-9/h9,11H,2-8H2,1H3. The second-order valence-corrected chi connectivity index (χ2v) is 5.49. The highest BCUT2D eigenvalue weighted by Crippen LogP contribution is 2.27. The van der Waals surface area contributed by atoms with Crippen LogP contribution in [-0.4, -0.2) is 51.5 Å². The van der Waals surface area contributed by atoms with Crippen molar-refractivity contribution >= 4 is 11.8 Å². The number of tetrazole rings is 1. The summed E-state index contributed by atoms with van der Waals surface area (Å²) in [5.74, 6) is 2.18. The van der Waals surface area contributed by atoms with Crippen LogP contribution in [0.3, 0.4) is 0 Å². The highest BCUT2D eigenvalue weighted by Gasteiger charge is 2.18. The lowest BCUT2D eigenvalue weighted by atomic mass is 10.2. The first-order chi connectivity index (χ1) is 8.40. The summed E-state index contributed by atoms with van der Waals surface area (Å²) in [6, 6.07) is 0. The van der Waals surface area contributed by atoms with Gasteiger partial charge in [0.15, 0.2) is 5.82 Å². The molecule has 17 heavy (non-hydrogen) atoms. The van der Waals surface area contributed by atoms with E-state index in [0.29, 0.717) is 18.4 Å². The molecule has 0 amide bonds. The van der Waals surface area contributed by atoms with Crippen molar-refractivity contribution in [2.45, 2.75) is 31.2 Å². The van der Waals surface area contributed by atoms with Crippen LogP contribution in [0.5, 0.6) is 0 Å². The van der Waals surface area contributed by atoms with Gasteiger partial charge in [0.1, 0.15) is 0 Å². The monoisotopic (exact) mass is 257 g/mol. The SMILES string of the molecule is COCCNCc1nnnn1CC1CCCS1. The molecule has 96 valence electrons. The zero-order chi connectivity index (χ0) is 11.9. The third-order valence-electron chi connectivity index (χ3n) is 2.77. The Kier molecular flexibility index (Phi) is 5.21. The molecule has 0 aliphatic carbocycles. The van der Waals surface area contributed by atoms with E-state index < -0.39 is 0 Å². The Morgan fingerprint density at radius 2 is 2.53 bits per heavy atom. The largest absolute Gasteiger partial charge is 0.383 e. The lowest BCUT2D eigenvalue weighted by Gasteiger charge is -2.10. The molecule has 6 nitrogen and oxygen atoms in total. The number of aromatic nitrogens is 4. The molecule has 0 spiro atoms. The van der Waals surface area contributed by atoms with Gasteiger partial charge in [-0.05, 0) is 29.0 Å². The Balaban J connectivity index is 1.79. The lowest BCUT2D eigenvalue weighted by molar-refractivity contribution is 0.198. The van der Waals surface area contributed by atoms with Gasteiger partial charge in [0, 0.05) is 18.9 Å². The second-order valence-electron chi connectivity index (χ2n) is 4.08. The van der Waals surface area contributed by atoms with Crippen LogP contribution in [-0.2, 0) is 17.8 Å². The molecule has 0 saturated carbocycles. The number of nitrogens with zero attached hydrogens (tertiary/aromatic N) is 4. The molecule has 1 atom stereocenters. The van der Waals surface area contributed by atoms with Gasteiger partial charge in [-0.2, -0.15) is 11.8 Å². The molecule has 1 aliphatic rings. The summed E-state index contributed by atoms with van der Waals surface area (Å²) in [5.41, 5.74) is 0. The minimum atomic E-state index is 0.677. The van der Waals surface area contributed by atoms with Gasteiger partial charge in [0.2, 0.25) is 0 Å². The maximum absolute atomic E-state index is 4.97. The number of ether oxygens (including phenoxy) is 1. The Labute approximate surface area is 105 Å². The van der Waals surface area contributed by atoms with Crippen LogP contribution in [0.1, 0.15) is 18.7 Å². The van der Waals surface area contributed by atoms with Crippen LogP contribution in [0.2, 0.25) is 0 Å². The first-order valence-electron chi connectivity index (χ1n) is 5.96. The van der Waals surface area contributed by atoms with E-state index in [0.717, 1.165) is 18.9 Å². The van der Waals surface area contributed by atoms with Crippen molar-refractivity contribution in [3.63, 3.8) is 0 Å². The maximum atomic E-state index is 4.97. The molecule has 1 unspecified atom stereocenters. The van der Waals surface area contributed by atoms with E-state index >= 15 is 0 Å². The van der Waals surface area contributed by atoms with Crippen molar-refractivity contribution in [3.8, 4) is 0 Å². The highest BCUT2D eigenvalue weighted by molar-refractivity contribution is 8.00. The van der Waals surface area contributed by atoms with Crippen molar-refractivity contribution in [1.29, 1.82) is 0 Å². The van der Waals surface area contributed by atoms with E-state index in [4.69, 9.17) is 4.74 Å². The molecular formula is C10H19N5OS. The molecule has 2 heterocycles. The minimum absolute atomic E-state index is 0.677. The molecule has 0 bridgehead atoms. The molecule has 0 radical (unpaired) electrons. The van der Waals surface area contributed by atoms with Gasteiger partial charge < -0.3 is 10.1 Å². The summed E-state index contributed by atoms with van der Waals surface area (Å²) in [6.07, 6.45) is 2.60. The van der Waals surface area contributed by atoms with E-state index in [9.17, 15) is 0 Å². The Bertz CT molecular complexity index is 326. The number of rotatable bonds is 7. The van der Waals surface area contributed by atoms with Crippen molar-refractivity contribution in [3.05, 3.63) is 5.82 Å². The fraction of sp³-hybridized carbons (Fsp3) is 0.900. The summed E-state index contributed by atoms with van der Waals surface area (Å²) in [6.45, 7) is 3.16. The van der Waals surface area contributed by atoms with Gasteiger partial charge in [-0.25, -0.2) is 4.68 Å². The summed E-state index contributed by atoms with van der Waals surface area (Å²) < 4.78 is 6.89. The van der Waals surface area contributed by atoms with Gasteiger partial charge in [-0.3, -0.25) is 0 Å². The molecule has 1 fully saturated rings. The molecule has 1 aromatic heterocycles. The predicted octanol–water partition coefficient (Wildman–Crippen LogP) is 0.305. The summed E-state index contributed by atoms with van der Waals surface area (Å²) >= 11 is 2.02. The predicted molar refractivity (Wildman–Crippen MR) is 66.9 cm³/mol. The highest BCUT2D eigenvalue weighted by atomic mass is 32.2. The van der Waals surface area contributed by atoms with Crippen molar-refractivity contribution in [2.24, 2.45) is 0 Å². The zero-order valence-corrected chi connectivity index (χ0v) is 10.9. The summed E-state index contributed by atoms with van der Waals surface area (Å²) in [7, 11) is 1.70. The van der Waals surface area contributed by atoms with Crippen LogP contribution in [0.25, 0.3) is 0 Å². The molecule has 1 aromatic rings. The minimum Gasteiger partial charge on any atom is -0.383 e.